The van der Waals surface area contributed by atoms with Gasteiger partial charge in [0.25, 0.3) is 11.5 Å². The minimum atomic E-state index is -0.258. The molecule has 0 unspecified atom stereocenters. The summed E-state index contributed by atoms with van der Waals surface area (Å²) < 4.78 is 2.64. The number of hydrogen-bond acceptors (Lipinski definition) is 6. The Bertz CT molecular complexity index is 1090. The van der Waals surface area contributed by atoms with Crippen molar-refractivity contribution in [3.8, 4) is 0 Å². The summed E-state index contributed by atoms with van der Waals surface area (Å²) in [6.07, 6.45) is 5.88. The molecule has 30 heavy (non-hydrogen) atoms. The molecule has 10 heteroatoms. The molecule has 0 bridgehead atoms. The largest absolute Gasteiger partial charge is 0.369 e. The van der Waals surface area contributed by atoms with Crippen molar-refractivity contribution < 1.29 is 9.59 Å². The van der Waals surface area contributed by atoms with Crippen LogP contribution in [0.3, 0.4) is 0 Å². The Hall–Kier alpha value is -3.27. The van der Waals surface area contributed by atoms with Crippen molar-refractivity contribution in [2.45, 2.75) is 25.7 Å². The van der Waals surface area contributed by atoms with Gasteiger partial charge in [0.1, 0.15) is 5.65 Å². The molecule has 2 heterocycles. The lowest BCUT2D eigenvalue weighted by atomic mass is 10.0. The number of aromatic nitrogens is 3. The zero-order valence-corrected chi connectivity index (χ0v) is 17.4. The first-order valence-electron chi connectivity index (χ1n) is 9.52. The fourth-order valence-corrected chi connectivity index (χ4v) is 3.47. The molecule has 9 nitrogen and oxygen atoms in total. The van der Waals surface area contributed by atoms with Crippen molar-refractivity contribution in [2.24, 2.45) is 0 Å². The van der Waals surface area contributed by atoms with Gasteiger partial charge in [-0.15, -0.1) is 0 Å². The van der Waals surface area contributed by atoms with Gasteiger partial charge in [0, 0.05) is 31.0 Å². The Morgan fingerprint density at radius 2 is 1.97 bits per heavy atom. The fourth-order valence-electron chi connectivity index (χ4n) is 3.14. The lowest BCUT2D eigenvalue weighted by Gasteiger charge is -2.06. The highest BCUT2D eigenvalue weighted by molar-refractivity contribution is 7.97. The van der Waals surface area contributed by atoms with E-state index in [1.54, 1.807) is 24.6 Å². The molecule has 0 radical (unpaired) electrons. The van der Waals surface area contributed by atoms with Crippen LogP contribution >= 0.6 is 11.9 Å². The van der Waals surface area contributed by atoms with Crippen LogP contribution in [0.25, 0.3) is 11.0 Å². The van der Waals surface area contributed by atoms with Crippen molar-refractivity contribution in [3.05, 3.63) is 57.5 Å². The predicted octanol–water partition coefficient (Wildman–Crippen LogP) is 1.52. The summed E-state index contributed by atoms with van der Waals surface area (Å²) in [6.45, 7) is 0.441. The molecule has 0 fully saturated rings. The third-order valence-electron chi connectivity index (χ3n) is 4.62. The van der Waals surface area contributed by atoms with Crippen LogP contribution in [0.15, 0.2) is 35.3 Å². The highest BCUT2D eigenvalue weighted by Gasteiger charge is 2.11. The second kappa shape index (κ2) is 9.97. The molecule has 0 aliphatic carbocycles. The van der Waals surface area contributed by atoms with Gasteiger partial charge >= 0.3 is 0 Å². The van der Waals surface area contributed by atoms with Crippen LogP contribution in [0.2, 0.25) is 0 Å². The third-order valence-corrected chi connectivity index (χ3v) is 5.05. The molecule has 0 atom stereocenters. The van der Waals surface area contributed by atoms with E-state index in [2.05, 4.69) is 25.0 Å². The van der Waals surface area contributed by atoms with Crippen LogP contribution in [-0.4, -0.2) is 39.6 Å². The molecule has 0 aliphatic heterocycles. The van der Waals surface area contributed by atoms with Crippen molar-refractivity contribution >= 4 is 40.7 Å². The lowest BCUT2D eigenvalue weighted by Crippen LogP contribution is -2.25. The Morgan fingerprint density at radius 1 is 1.20 bits per heavy atom. The van der Waals surface area contributed by atoms with Gasteiger partial charge in [0.15, 0.2) is 0 Å². The number of nitrogens with one attached hydrogen (secondary N) is 4. The zero-order chi connectivity index (χ0) is 21.5. The third kappa shape index (κ3) is 5.41. The number of carbonyl (C=O) groups excluding carboxylic acids is 2. The first-order chi connectivity index (χ1) is 14.5. The maximum atomic E-state index is 12.2. The van der Waals surface area contributed by atoms with Crippen LogP contribution in [0, 0.1) is 0 Å². The summed E-state index contributed by atoms with van der Waals surface area (Å²) in [4.78, 5) is 45.3. The number of hydrogen-bond donors (Lipinski definition) is 5. The quantitative estimate of drug-likeness (QED) is 0.258. The minimum Gasteiger partial charge on any atom is -0.369 e. The van der Waals surface area contributed by atoms with Gasteiger partial charge in [-0.2, -0.15) is 4.98 Å². The molecule has 2 aromatic heterocycles. The average Bonchev–Trinajstić information content (AvgIpc) is 3.13. The van der Waals surface area contributed by atoms with E-state index in [0.29, 0.717) is 48.8 Å². The zero-order valence-electron chi connectivity index (χ0n) is 16.6. The second-order valence-electron chi connectivity index (χ2n) is 6.77. The molecule has 3 rings (SSSR count). The molecule has 6 N–H and O–H groups in total. The second-order valence-corrected chi connectivity index (χ2v) is 7.39. The first-order valence-corrected chi connectivity index (χ1v) is 10.7. The molecule has 1 aromatic carbocycles. The molecule has 0 saturated heterocycles. The highest BCUT2D eigenvalue weighted by Crippen LogP contribution is 2.16. The van der Waals surface area contributed by atoms with Crippen molar-refractivity contribution in [1.82, 2.24) is 25.0 Å². The van der Waals surface area contributed by atoms with Crippen molar-refractivity contribution in [2.75, 3.05) is 18.5 Å². The number of amides is 2. The van der Waals surface area contributed by atoms with E-state index in [-0.39, 0.29) is 23.3 Å². The first kappa shape index (κ1) is 21.4. The Morgan fingerprint density at radius 3 is 2.70 bits per heavy atom. The molecule has 3 aromatic rings. The van der Waals surface area contributed by atoms with Gasteiger partial charge in [-0.05, 0) is 42.5 Å². The van der Waals surface area contributed by atoms with E-state index in [9.17, 15) is 14.4 Å². The van der Waals surface area contributed by atoms with E-state index in [0.717, 1.165) is 11.1 Å². The van der Waals surface area contributed by atoms with E-state index >= 15 is 0 Å². The van der Waals surface area contributed by atoms with Crippen LogP contribution in [0.4, 0.5) is 5.95 Å². The summed E-state index contributed by atoms with van der Waals surface area (Å²) in [5.41, 5.74) is 8.26. The van der Waals surface area contributed by atoms with Gasteiger partial charge in [-0.3, -0.25) is 19.4 Å². The van der Waals surface area contributed by atoms with Crippen LogP contribution in [-0.2, 0) is 17.6 Å². The van der Waals surface area contributed by atoms with Crippen molar-refractivity contribution in [3.63, 3.8) is 0 Å². The Balaban J connectivity index is 1.52. The number of nitrogens with zero attached hydrogens (tertiary/aromatic N) is 1. The van der Waals surface area contributed by atoms with E-state index in [1.807, 2.05) is 12.1 Å². The number of anilines is 1. The monoisotopic (exact) mass is 428 g/mol. The smallest absolute Gasteiger partial charge is 0.262 e. The molecular formula is C20H24N6O3S. The van der Waals surface area contributed by atoms with Gasteiger partial charge in [-0.1, -0.05) is 24.1 Å². The number of nitrogens with two attached hydrogens (primary N) is 1. The number of aryl methyl sites for hydroxylation is 2. The summed E-state index contributed by atoms with van der Waals surface area (Å²) >= 11 is 1.26. The van der Waals surface area contributed by atoms with Gasteiger partial charge in [0.05, 0.1) is 5.39 Å². The SMILES string of the molecule is CSNC(=O)CCCNC(=O)c1ccc(CCc2c[nH]c3nc(N)[nH]c(=O)c23)cc1. The van der Waals surface area contributed by atoms with E-state index in [1.165, 1.54) is 11.9 Å². The predicted molar refractivity (Wildman–Crippen MR) is 118 cm³/mol. The fraction of sp³-hybridized carbons (Fsp3) is 0.300. The summed E-state index contributed by atoms with van der Waals surface area (Å²) in [5, 5.41) is 3.34. The number of carbonyl (C=O) groups is 2. The number of fused-ring (bicyclic) bond motifs is 1. The summed E-state index contributed by atoms with van der Waals surface area (Å²) in [5.74, 6) is -0.130. The molecule has 0 aliphatic rings. The highest BCUT2D eigenvalue weighted by atomic mass is 32.2. The van der Waals surface area contributed by atoms with Gasteiger partial charge < -0.3 is 20.8 Å². The van der Waals surface area contributed by atoms with Crippen molar-refractivity contribution in [1.29, 1.82) is 0 Å². The van der Waals surface area contributed by atoms with Gasteiger partial charge in [0.2, 0.25) is 11.9 Å². The maximum absolute atomic E-state index is 12.2. The number of rotatable bonds is 9. The van der Waals surface area contributed by atoms with E-state index in [4.69, 9.17) is 5.73 Å². The number of aromatic amines is 2. The summed E-state index contributed by atoms with van der Waals surface area (Å²) in [7, 11) is 0. The normalized spacial score (nSPS) is 10.8. The van der Waals surface area contributed by atoms with Gasteiger partial charge in [-0.25, -0.2) is 0 Å². The van der Waals surface area contributed by atoms with E-state index < -0.39 is 0 Å². The lowest BCUT2D eigenvalue weighted by molar-refractivity contribution is -0.119. The summed E-state index contributed by atoms with van der Waals surface area (Å²) in [6, 6.07) is 7.34. The van der Waals surface area contributed by atoms with Crippen LogP contribution in [0.5, 0.6) is 0 Å². The maximum Gasteiger partial charge on any atom is 0.262 e. The Kier molecular flexibility index (Phi) is 7.12. The Labute approximate surface area is 177 Å². The standard InChI is InChI=1S/C20H24N6O3S/c1-30-26-15(27)3-2-10-22-18(28)13-7-4-12(5-8-13)6-9-14-11-23-17-16(14)19(29)25-20(21)24-17/h4-5,7-8,11H,2-3,6,9-10H2,1H3,(H,22,28)(H,26,27)(H4,21,23,24,25,29). The minimum absolute atomic E-state index is 0.0439. The molecule has 0 spiro atoms. The molecule has 0 saturated carbocycles. The number of nitrogen functional groups attached to an aromatic ring is 1. The molecular weight excluding hydrogens is 404 g/mol. The van der Waals surface area contributed by atoms with Crippen LogP contribution in [0.1, 0.15) is 34.3 Å². The van der Waals surface area contributed by atoms with Crippen LogP contribution < -0.4 is 21.3 Å². The molecule has 2 amide bonds. The number of benzene rings is 1. The molecule has 158 valence electrons. The topological polar surface area (TPSA) is 146 Å². The average molecular weight is 429 g/mol. The number of H-pyrrole nitrogens is 2.